The van der Waals surface area contributed by atoms with Gasteiger partial charge in [-0.1, -0.05) is 6.92 Å². The Morgan fingerprint density at radius 2 is 2.20 bits per heavy atom. The van der Waals surface area contributed by atoms with Gasteiger partial charge in [0, 0.05) is 12.6 Å². The molecular formula is C15H22BrNO3. The molecule has 2 N–H and O–H groups in total. The number of aliphatic hydroxyl groups excluding tert-OH is 1. The van der Waals surface area contributed by atoms with Gasteiger partial charge in [-0.15, -0.1) is 0 Å². The second-order valence-corrected chi connectivity index (χ2v) is 5.99. The van der Waals surface area contributed by atoms with Crippen LogP contribution in [0, 0.1) is 0 Å². The van der Waals surface area contributed by atoms with E-state index in [4.69, 9.17) is 9.47 Å². The highest BCUT2D eigenvalue weighted by Gasteiger charge is 2.20. The Kier molecular flexibility index (Phi) is 5.69. The zero-order valence-electron chi connectivity index (χ0n) is 12.0. The van der Waals surface area contributed by atoms with E-state index in [-0.39, 0.29) is 6.61 Å². The Labute approximate surface area is 128 Å². The van der Waals surface area contributed by atoms with Crippen LogP contribution in [0.2, 0.25) is 0 Å². The summed E-state index contributed by atoms with van der Waals surface area (Å²) in [7, 11) is 1.63. The maximum Gasteiger partial charge on any atom is 0.175 e. The number of rotatable bonds is 8. The zero-order chi connectivity index (χ0) is 14.5. The van der Waals surface area contributed by atoms with E-state index in [1.165, 1.54) is 12.8 Å². The van der Waals surface area contributed by atoms with Crippen molar-refractivity contribution in [3.05, 3.63) is 22.2 Å². The van der Waals surface area contributed by atoms with Gasteiger partial charge in [-0.25, -0.2) is 0 Å². The molecule has 1 aliphatic rings. The van der Waals surface area contributed by atoms with Crippen molar-refractivity contribution in [2.24, 2.45) is 0 Å². The fourth-order valence-corrected chi connectivity index (χ4v) is 2.47. The van der Waals surface area contributed by atoms with Crippen molar-refractivity contribution in [3.63, 3.8) is 0 Å². The molecule has 1 aromatic rings. The highest BCUT2D eigenvalue weighted by molar-refractivity contribution is 9.10. The summed E-state index contributed by atoms with van der Waals surface area (Å²) in [5, 5.41) is 13.1. The maximum absolute atomic E-state index is 9.59. The van der Waals surface area contributed by atoms with Crippen LogP contribution in [0.4, 0.5) is 0 Å². The summed E-state index contributed by atoms with van der Waals surface area (Å²) >= 11 is 3.52. The molecule has 0 aromatic heterocycles. The summed E-state index contributed by atoms with van der Waals surface area (Å²) in [5.41, 5.74) is 1.16. The standard InChI is InChI=1S/C15H22BrNO3/c1-3-12(18)9-20-15-13(16)6-10(7-14(15)19-2)8-17-11-4-5-11/h6-7,11-12,17-18H,3-5,8-9H2,1-2H3. The van der Waals surface area contributed by atoms with Crippen molar-refractivity contribution >= 4 is 15.9 Å². The van der Waals surface area contributed by atoms with Crippen LogP contribution in [-0.2, 0) is 6.54 Å². The molecule has 0 heterocycles. The molecule has 0 bridgehead atoms. The van der Waals surface area contributed by atoms with Gasteiger partial charge < -0.3 is 19.9 Å². The van der Waals surface area contributed by atoms with E-state index in [2.05, 4.69) is 21.2 Å². The molecule has 1 aromatic carbocycles. The Hall–Kier alpha value is -0.780. The van der Waals surface area contributed by atoms with Crippen LogP contribution < -0.4 is 14.8 Å². The van der Waals surface area contributed by atoms with Crippen molar-refractivity contribution in [2.45, 2.75) is 44.9 Å². The van der Waals surface area contributed by atoms with Crippen molar-refractivity contribution in [1.82, 2.24) is 5.32 Å². The van der Waals surface area contributed by atoms with E-state index in [1.807, 2.05) is 19.1 Å². The van der Waals surface area contributed by atoms with Crippen molar-refractivity contribution in [2.75, 3.05) is 13.7 Å². The van der Waals surface area contributed by atoms with Crippen molar-refractivity contribution in [1.29, 1.82) is 0 Å². The molecule has 2 rings (SSSR count). The van der Waals surface area contributed by atoms with E-state index in [0.717, 1.165) is 16.6 Å². The number of halogens is 1. The molecule has 0 radical (unpaired) electrons. The van der Waals surface area contributed by atoms with Gasteiger partial charge in [0.15, 0.2) is 11.5 Å². The third kappa shape index (κ3) is 4.36. The monoisotopic (exact) mass is 343 g/mol. The molecule has 1 atom stereocenters. The van der Waals surface area contributed by atoms with Crippen LogP contribution in [0.25, 0.3) is 0 Å². The zero-order valence-corrected chi connectivity index (χ0v) is 13.6. The van der Waals surface area contributed by atoms with Gasteiger partial charge in [0.1, 0.15) is 6.61 Å². The third-order valence-corrected chi connectivity index (χ3v) is 3.94. The Bertz CT molecular complexity index is 449. The van der Waals surface area contributed by atoms with Crippen LogP contribution in [-0.4, -0.2) is 31.0 Å². The first-order valence-corrected chi connectivity index (χ1v) is 7.84. The minimum absolute atomic E-state index is 0.269. The van der Waals surface area contributed by atoms with E-state index in [9.17, 15) is 5.11 Å². The average Bonchev–Trinajstić information content (AvgIpc) is 3.27. The molecule has 0 spiro atoms. The normalized spacial score (nSPS) is 16.0. The summed E-state index contributed by atoms with van der Waals surface area (Å²) in [6, 6.07) is 4.69. The van der Waals surface area contributed by atoms with Gasteiger partial charge in [-0.05, 0) is 52.9 Å². The van der Waals surface area contributed by atoms with Gasteiger partial charge in [-0.2, -0.15) is 0 Å². The van der Waals surface area contributed by atoms with Crippen molar-refractivity contribution < 1.29 is 14.6 Å². The quantitative estimate of drug-likeness (QED) is 0.761. The number of aliphatic hydroxyl groups is 1. The number of hydrogen-bond donors (Lipinski definition) is 2. The Balaban J connectivity index is 2.05. The van der Waals surface area contributed by atoms with Crippen LogP contribution in [0.5, 0.6) is 11.5 Å². The van der Waals surface area contributed by atoms with E-state index < -0.39 is 6.10 Å². The highest BCUT2D eigenvalue weighted by Crippen LogP contribution is 2.37. The molecular weight excluding hydrogens is 322 g/mol. The lowest BCUT2D eigenvalue weighted by atomic mass is 10.2. The largest absolute Gasteiger partial charge is 0.493 e. The fourth-order valence-electron chi connectivity index (χ4n) is 1.86. The topological polar surface area (TPSA) is 50.7 Å². The first-order valence-electron chi connectivity index (χ1n) is 7.04. The second-order valence-electron chi connectivity index (χ2n) is 5.14. The van der Waals surface area contributed by atoms with E-state index in [0.29, 0.717) is 24.0 Å². The molecule has 0 aliphatic heterocycles. The molecule has 0 saturated heterocycles. The summed E-state index contributed by atoms with van der Waals surface area (Å²) in [6.07, 6.45) is 2.76. The lowest BCUT2D eigenvalue weighted by molar-refractivity contribution is 0.102. The van der Waals surface area contributed by atoms with E-state index >= 15 is 0 Å². The lowest BCUT2D eigenvalue weighted by Gasteiger charge is -2.16. The second kappa shape index (κ2) is 7.29. The summed E-state index contributed by atoms with van der Waals surface area (Å²) in [5.74, 6) is 1.34. The third-order valence-electron chi connectivity index (χ3n) is 3.35. The van der Waals surface area contributed by atoms with Gasteiger partial charge in [-0.3, -0.25) is 0 Å². The van der Waals surface area contributed by atoms with Crippen LogP contribution >= 0.6 is 15.9 Å². The fraction of sp³-hybridized carbons (Fsp3) is 0.600. The molecule has 112 valence electrons. The minimum Gasteiger partial charge on any atom is -0.493 e. The van der Waals surface area contributed by atoms with Gasteiger partial charge in [0.05, 0.1) is 17.7 Å². The molecule has 1 saturated carbocycles. The summed E-state index contributed by atoms with van der Waals surface area (Å²) < 4.78 is 11.9. The maximum atomic E-state index is 9.59. The molecule has 1 fully saturated rings. The minimum atomic E-state index is -0.456. The SMILES string of the molecule is CCC(O)COc1c(Br)cc(CNC2CC2)cc1OC. The molecule has 0 amide bonds. The van der Waals surface area contributed by atoms with E-state index in [1.54, 1.807) is 7.11 Å². The molecule has 1 unspecified atom stereocenters. The van der Waals surface area contributed by atoms with Gasteiger partial charge in [0.25, 0.3) is 0 Å². The predicted molar refractivity (Wildman–Crippen MR) is 82.3 cm³/mol. The molecule has 5 heteroatoms. The number of benzene rings is 1. The van der Waals surface area contributed by atoms with Crippen molar-refractivity contribution in [3.8, 4) is 11.5 Å². The first kappa shape index (κ1) is 15.6. The number of methoxy groups -OCH3 is 1. The number of nitrogens with one attached hydrogen (secondary N) is 1. The molecule has 20 heavy (non-hydrogen) atoms. The predicted octanol–water partition coefficient (Wildman–Crippen LogP) is 2.86. The molecule has 1 aliphatic carbocycles. The molecule has 4 nitrogen and oxygen atoms in total. The lowest BCUT2D eigenvalue weighted by Crippen LogP contribution is -2.17. The number of ether oxygens (including phenoxy) is 2. The smallest absolute Gasteiger partial charge is 0.175 e. The van der Waals surface area contributed by atoms with Gasteiger partial charge in [0.2, 0.25) is 0 Å². The Morgan fingerprint density at radius 1 is 1.45 bits per heavy atom. The number of hydrogen-bond acceptors (Lipinski definition) is 4. The Morgan fingerprint density at radius 3 is 2.80 bits per heavy atom. The van der Waals surface area contributed by atoms with Crippen LogP contribution in [0.15, 0.2) is 16.6 Å². The van der Waals surface area contributed by atoms with Crippen LogP contribution in [0.1, 0.15) is 31.7 Å². The van der Waals surface area contributed by atoms with Gasteiger partial charge >= 0.3 is 0 Å². The highest BCUT2D eigenvalue weighted by atomic mass is 79.9. The first-order chi connectivity index (χ1) is 9.63. The average molecular weight is 344 g/mol. The van der Waals surface area contributed by atoms with Crippen LogP contribution in [0.3, 0.4) is 0 Å². The summed E-state index contributed by atoms with van der Waals surface area (Å²) in [6.45, 7) is 3.02. The summed E-state index contributed by atoms with van der Waals surface area (Å²) in [4.78, 5) is 0.